The van der Waals surface area contributed by atoms with Crippen LogP contribution in [0.15, 0.2) is 0 Å². The maximum absolute atomic E-state index is 11.6. The zero-order valence-corrected chi connectivity index (χ0v) is 10.6. The van der Waals surface area contributed by atoms with Gasteiger partial charge in [0.1, 0.15) is 0 Å². The average Bonchev–Trinajstić information content (AvgIpc) is 2.27. The van der Waals surface area contributed by atoms with E-state index >= 15 is 0 Å². The van der Waals surface area contributed by atoms with Crippen molar-refractivity contribution < 1.29 is 14.3 Å². The van der Waals surface area contributed by atoms with E-state index in [0.717, 1.165) is 6.54 Å². The Balaban J connectivity index is 0.00000225. The van der Waals surface area contributed by atoms with Gasteiger partial charge in [-0.15, -0.1) is 12.4 Å². The number of amides is 1. The highest BCUT2D eigenvalue weighted by Gasteiger charge is 2.22. The summed E-state index contributed by atoms with van der Waals surface area (Å²) in [6, 6.07) is 0.281. The molecule has 0 aromatic rings. The van der Waals surface area contributed by atoms with Crippen molar-refractivity contribution in [2.75, 3.05) is 32.9 Å². The Labute approximate surface area is 103 Å². The summed E-state index contributed by atoms with van der Waals surface area (Å²) in [5.74, 6) is -0.0838. The van der Waals surface area contributed by atoms with Crippen LogP contribution in [-0.4, -0.2) is 51.0 Å². The van der Waals surface area contributed by atoms with E-state index in [1.807, 2.05) is 13.8 Å². The molecule has 16 heavy (non-hydrogen) atoms. The first kappa shape index (κ1) is 15.6. The molecule has 0 saturated carbocycles. The van der Waals surface area contributed by atoms with Crippen molar-refractivity contribution in [1.82, 2.24) is 10.6 Å². The van der Waals surface area contributed by atoms with Crippen molar-refractivity contribution in [3.63, 3.8) is 0 Å². The Morgan fingerprint density at radius 3 is 2.81 bits per heavy atom. The molecule has 1 heterocycles. The van der Waals surface area contributed by atoms with Crippen molar-refractivity contribution in [1.29, 1.82) is 0 Å². The van der Waals surface area contributed by atoms with E-state index in [-0.39, 0.29) is 24.4 Å². The highest BCUT2D eigenvalue weighted by Crippen LogP contribution is 2.00. The number of halogens is 1. The maximum Gasteiger partial charge on any atom is 0.251 e. The first-order chi connectivity index (χ1) is 7.24. The van der Waals surface area contributed by atoms with E-state index < -0.39 is 6.10 Å². The SMILES string of the molecule is CCN[C@H](C)CNC(=O)C1COCCO1.Cl. The predicted molar refractivity (Wildman–Crippen MR) is 64.0 cm³/mol. The lowest BCUT2D eigenvalue weighted by Gasteiger charge is -2.23. The minimum absolute atomic E-state index is 0. The Hall–Kier alpha value is -0.360. The molecular formula is C10H21ClN2O3. The normalized spacial score (nSPS) is 22.0. The fourth-order valence-electron chi connectivity index (χ4n) is 1.43. The van der Waals surface area contributed by atoms with Gasteiger partial charge in [0, 0.05) is 12.6 Å². The number of carbonyl (C=O) groups excluding carboxylic acids is 1. The zero-order chi connectivity index (χ0) is 11.1. The molecule has 0 bridgehead atoms. The summed E-state index contributed by atoms with van der Waals surface area (Å²) in [7, 11) is 0. The largest absolute Gasteiger partial charge is 0.376 e. The average molecular weight is 253 g/mol. The van der Waals surface area contributed by atoms with Gasteiger partial charge in [0.25, 0.3) is 5.91 Å². The van der Waals surface area contributed by atoms with Crippen LogP contribution in [0.3, 0.4) is 0 Å². The van der Waals surface area contributed by atoms with E-state index in [9.17, 15) is 4.79 Å². The van der Waals surface area contributed by atoms with Gasteiger partial charge in [-0.2, -0.15) is 0 Å². The third kappa shape index (κ3) is 5.65. The molecular weight excluding hydrogens is 232 g/mol. The van der Waals surface area contributed by atoms with Crippen LogP contribution in [0.25, 0.3) is 0 Å². The van der Waals surface area contributed by atoms with Crippen molar-refractivity contribution in [3.8, 4) is 0 Å². The number of rotatable bonds is 5. The molecule has 2 N–H and O–H groups in total. The van der Waals surface area contributed by atoms with Crippen LogP contribution < -0.4 is 10.6 Å². The van der Waals surface area contributed by atoms with E-state index in [2.05, 4.69) is 10.6 Å². The van der Waals surface area contributed by atoms with E-state index in [4.69, 9.17) is 9.47 Å². The lowest BCUT2D eigenvalue weighted by atomic mass is 10.3. The molecule has 6 heteroatoms. The summed E-state index contributed by atoms with van der Waals surface area (Å²) in [6.07, 6.45) is -0.437. The number of ether oxygens (including phenoxy) is 2. The van der Waals surface area contributed by atoms with Crippen LogP contribution in [0, 0.1) is 0 Å². The Bertz CT molecular complexity index is 199. The first-order valence-electron chi connectivity index (χ1n) is 5.44. The second kappa shape index (κ2) is 8.75. The third-order valence-corrected chi connectivity index (χ3v) is 2.24. The van der Waals surface area contributed by atoms with Gasteiger partial charge >= 0.3 is 0 Å². The van der Waals surface area contributed by atoms with Gasteiger partial charge in [0.15, 0.2) is 6.10 Å². The zero-order valence-electron chi connectivity index (χ0n) is 9.82. The summed E-state index contributed by atoms with van der Waals surface area (Å²) in [5.41, 5.74) is 0. The Morgan fingerprint density at radius 2 is 2.25 bits per heavy atom. The van der Waals surface area contributed by atoms with Crippen LogP contribution >= 0.6 is 12.4 Å². The monoisotopic (exact) mass is 252 g/mol. The topological polar surface area (TPSA) is 59.6 Å². The van der Waals surface area contributed by atoms with Crippen molar-refractivity contribution in [2.45, 2.75) is 26.0 Å². The molecule has 1 aliphatic heterocycles. The second-order valence-corrected chi connectivity index (χ2v) is 3.64. The molecule has 1 saturated heterocycles. The summed E-state index contributed by atoms with van der Waals surface area (Å²) in [4.78, 5) is 11.6. The molecule has 0 aromatic heterocycles. The van der Waals surface area contributed by atoms with Crippen LogP contribution in [0.1, 0.15) is 13.8 Å². The molecule has 96 valence electrons. The Morgan fingerprint density at radius 1 is 1.50 bits per heavy atom. The molecule has 0 radical (unpaired) electrons. The summed E-state index contributed by atoms with van der Waals surface area (Å²) >= 11 is 0. The molecule has 0 spiro atoms. The van der Waals surface area contributed by atoms with Crippen molar-refractivity contribution in [3.05, 3.63) is 0 Å². The van der Waals surface area contributed by atoms with Crippen LogP contribution in [0.2, 0.25) is 0 Å². The fourth-order valence-corrected chi connectivity index (χ4v) is 1.43. The first-order valence-corrected chi connectivity index (χ1v) is 5.44. The molecule has 1 aliphatic rings. The van der Waals surface area contributed by atoms with Crippen LogP contribution in [-0.2, 0) is 14.3 Å². The highest BCUT2D eigenvalue weighted by atomic mass is 35.5. The lowest BCUT2D eigenvalue weighted by Crippen LogP contribution is -2.46. The number of hydrogen-bond donors (Lipinski definition) is 2. The van der Waals surface area contributed by atoms with Crippen LogP contribution in [0.4, 0.5) is 0 Å². The van der Waals surface area contributed by atoms with Gasteiger partial charge in [0.05, 0.1) is 19.8 Å². The molecule has 1 unspecified atom stereocenters. The molecule has 0 aromatic carbocycles. The summed E-state index contributed by atoms with van der Waals surface area (Å²) < 4.78 is 10.4. The van der Waals surface area contributed by atoms with E-state index in [1.54, 1.807) is 0 Å². The van der Waals surface area contributed by atoms with Gasteiger partial charge in [-0.1, -0.05) is 6.92 Å². The number of likely N-dealkylation sites (N-methyl/N-ethyl adjacent to an activating group) is 1. The number of hydrogen-bond acceptors (Lipinski definition) is 4. The molecule has 2 atom stereocenters. The summed E-state index contributed by atoms with van der Waals surface area (Å²) in [5, 5.41) is 6.05. The van der Waals surface area contributed by atoms with Gasteiger partial charge in [-0.25, -0.2) is 0 Å². The third-order valence-electron chi connectivity index (χ3n) is 2.24. The molecule has 1 amide bonds. The van der Waals surface area contributed by atoms with Gasteiger partial charge in [-0.05, 0) is 13.5 Å². The van der Waals surface area contributed by atoms with Gasteiger partial charge in [0.2, 0.25) is 0 Å². The highest BCUT2D eigenvalue weighted by molar-refractivity contribution is 5.85. The molecule has 5 nitrogen and oxygen atoms in total. The minimum Gasteiger partial charge on any atom is -0.376 e. The number of carbonyl (C=O) groups is 1. The Kier molecular flexibility index (Phi) is 8.56. The molecule has 1 fully saturated rings. The second-order valence-electron chi connectivity index (χ2n) is 3.64. The van der Waals surface area contributed by atoms with E-state index in [1.165, 1.54) is 0 Å². The lowest BCUT2D eigenvalue weighted by molar-refractivity contribution is -0.147. The standard InChI is InChI=1S/C10H20N2O3.ClH/c1-3-11-8(2)6-12-10(13)9-7-14-4-5-15-9;/h8-9,11H,3-7H2,1-2H3,(H,12,13);1H/t8-,9?;/m1./s1. The maximum atomic E-state index is 11.6. The smallest absolute Gasteiger partial charge is 0.251 e. The molecule has 0 aliphatic carbocycles. The van der Waals surface area contributed by atoms with Gasteiger partial charge < -0.3 is 20.1 Å². The van der Waals surface area contributed by atoms with Crippen LogP contribution in [0.5, 0.6) is 0 Å². The minimum atomic E-state index is -0.437. The fraction of sp³-hybridized carbons (Fsp3) is 0.900. The van der Waals surface area contributed by atoms with E-state index in [0.29, 0.717) is 26.4 Å². The quantitative estimate of drug-likeness (QED) is 0.720. The van der Waals surface area contributed by atoms with Crippen molar-refractivity contribution >= 4 is 18.3 Å². The van der Waals surface area contributed by atoms with Gasteiger partial charge in [-0.3, -0.25) is 4.79 Å². The van der Waals surface area contributed by atoms with Crippen molar-refractivity contribution in [2.24, 2.45) is 0 Å². The molecule has 1 rings (SSSR count). The summed E-state index contributed by atoms with van der Waals surface area (Å²) in [6.45, 7) is 7.03. The predicted octanol–water partition coefficient (Wildman–Crippen LogP) is -0.0622. The number of nitrogens with one attached hydrogen (secondary N) is 2.